The SMILES string of the molecule is CS(=O)(=O)OCCN(CCCl)c1ccc(C(=O)OC(=O)CC[C@H](N)C(=O)OC(=O)c2ccc(N(CCCl)CCOS(C)(=O)=O)cc2)cc1. The van der Waals surface area contributed by atoms with E-state index in [1.165, 1.54) is 24.3 Å². The molecule has 0 aliphatic heterocycles. The number of anilines is 2. The van der Waals surface area contributed by atoms with Crippen LogP contribution in [0.25, 0.3) is 0 Å². The molecule has 0 radical (unpaired) electrons. The molecule has 0 heterocycles. The molecule has 2 aromatic rings. The van der Waals surface area contributed by atoms with Crippen molar-refractivity contribution in [1.29, 1.82) is 0 Å². The van der Waals surface area contributed by atoms with E-state index in [0.717, 1.165) is 12.5 Å². The molecule has 0 aromatic heterocycles. The first-order valence-corrected chi connectivity index (χ1v) is 19.0. The van der Waals surface area contributed by atoms with E-state index >= 15 is 0 Å². The zero-order valence-electron chi connectivity index (χ0n) is 26.2. The van der Waals surface area contributed by atoms with Crippen molar-refractivity contribution in [3.8, 4) is 0 Å². The Labute approximate surface area is 289 Å². The average Bonchev–Trinajstić information content (AvgIpc) is 3.01. The van der Waals surface area contributed by atoms with Crippen LogP contribution in [-0.4, -0.2) is 110 Å². The fourth-order valence-corrected chi connectivity index (χ4v) is 5.15. The molecular weight excluding hydrogens is 717 g/mol. The van der Waals surface area contributed by atoms with Crippen molar-refractivity contribution >= 4 is 78.7 Å². The topological polar surface area (TPSA) is 206 Å². The second-order valence-corrected chi connectivity index (χ2v) is 14.2. The number of halogens is 2. The Morgan fingerprint density at radius 2 is 1.08 bits per heavy atom. The molecule has 0 aliphatic carbocycles. The van der Waals surface area contributed by atoms with Gasteiger partial charge in [0, 0.05) is 55.7 Å². The molecule has 266 valence electrons. The Hall–Kier alpha value is -3.32. The summed E-state index contributed by atoms with van der Waals surface area (Å²) in [6.45, 7) is 0.946. The van der Waals surface area contributed by atoms with E-state index < -0.39 is 56.6 Å². The van der Waals surface area contributed by atoms with E-state index in [-0.39, 0.29) is 55.6 Å². The van der Waals surface area contributed by atoms with Gasteiger partial charge in [0.1, 0.15) is 6.04 Å². The van der Waals surface area contributed by atoms with Gasteiger partial charge in [-0.3, -0.25) is 13.2 Å². The van der Waals surface area contributed by atoms with E-state index in [2.05, 4.69) is 0 Å². The molecule has 0 aliphatic rings. The maximum absolute atomic E-state index is 12.5. The number of benzene rings is 2. The van der Waals surface area contributed by atoms with Crippen molar-refractivity contribution in [2.45, 2.75) is 18.9 Å². The van der Waals surface area contributed by atoms with Gasteiger partial charge in [0.05, 0.1) is 36.9 Å². The summed E-state index contributed by atoms with van der Waals surface area (Å²) in [5.74, 6) is -3.50. The van der Waals surface area contributed by atoms with Crippen LogP contribution in [0.5, 0.6) is 0 Å². The number of hydrogen-bond acceptors (Lipinski definition) is 15. The fourth-order valence-electron chi connectivity index (χ4n) is 3.99. The van der Waals surface area contributed by atoms with Crippen molar-refractivity contribution in [2.24, 2.45) is 5.73 Å². The van der Waals surface area contributed by atoms with Gasteiger partial charge in [0.2, 0.25) is 0 Å². The largest absolute Gasteiger partial charge is 0.389 e. The van der Waals surface area contributed by atoms with Crippen molar-refractivity contribution in [1.82, 2.24) is 0 Å². The normalized spacial score (nSPS) is 12.2. The van der Waals surface area contributed by atoms with Gasteiger partial charge in [-0.2, -0.15) is 16.8 Å². The molecule has 2 N–H and O–H groups in total. The van der Waals surface area contributed by atoms with Crippen LogP contribution in [-0.2, 0) is 47.7 Å². The van der Waals surface area contributed by atoms with Crippen molar-refractivity contribution in [3.63, 3.8) is 0 Å². The van der Waals surface area contributed by atoms with Crippen LogP contribution in [0.15, 0.2) is 48.5 Å². The van der Waals surface area contributed by atoms with Gasteiger partial charge in [-0.05, 0) is 55.0 Å². The maximum atomic E-state index is 12.5. The number of esters is 4. The van der Waals surface area contributed by atoms with Gasteiger partial charge in [-0.1, -0.05) is 0 Å². The Kier molecular flexibility index (Phi) is 16.7. The first kappa shape index (κ1) is 40.9. The van der Waals surface area contributed by atoms with Crippen LogP contribution in [0, 0.1) is 0 Å². The van der Waals surface area contributed by atoms with E-state index in [9.17, 15) is 36.0 Å². The molecule has 1 atom stereocenters. The van der Waals surface area contributed by atoms with Crippen LogP contribution in [0.2, 0.25) is 0 Å². The van der Waals surface area contributed by atoms with Crippen molar-refractivity contribution in [3.05, 3.63) is 59.7 Å². The minimum absolute atomic E-state index is 0.0292. The van der Waals surface area contributed by atoms with Gasteiger partial charge in [0.15, 0.2) is 0 Å². The van der Waals surface area contributed by atoms with Gasteiger partial charge < -0.3 is 25.0 Å². The highest BCUT2D eigenvalue weighted by molar-refractivity contribution is 7.86. The number of hydrogen-bond donors (Lipinski definition) is 1. The predicted molar refractivity (Wildman–Crippen MR) is 178 cm³/mol. The van der Waals surface area contributed by atoms with Gasteiger partial charge in [0.25, 0.3) is 20.2 Å². The first-order valence-electron chi connectivity index (χ1n) is 14.3. The summed E-state index contributed by atoms with van der Waals surface area (Å²) in [6, 6.07) is 10.5. The van der Waals surface area contributed by atoms with E-state index in [1.54, 1.807) is 34.1 Å². The lowest BCUT2D eigenvalue weighted by molar-refractivity contribution is -0.140. The van der Waals surface area contributed by atoms with Crippen LogP contribution in [0.3, 0.4) is 0 Å². The maximum Gasteiger partial charge on any atom is 0.345 e. The molecule has 0 unspecified atom stereocenters. The van der Waals surface area contributed by atoms with Gasteiger partial charge in [-0.25, -0.2) is 14.4 Å². The molecule has 2 rings (SSSR count). The molecular formula is C29H37Cl2N3O12S2. The second kappa shape index (κ2) is 19.6. The Balaban J connectivity index is 1.85. The Bertz CT molecular complexity index is 1610. The predicted octanol–water partition coefficient (Wildman–Crippen LogP) is 1.90. The lowest BCUT2D eigenvalue weighted by atomic mass is 10.1. The lowest BCUT2D eigenvalue weighted by Crippen LogP contribution is -2.34. The monoisotopic (exact) mass is 753 g/mol. The molecule has 19 heteroatoms. The van der Waals surface area contributed by atoms with Crippen LogP contribution >= 0.6 is 23.2 Å². The van der Waals surface area contributed by atoms with E-state index in [0.29, 0.717) is 24.5 Å². The highest BCUT2D eigenvalue weighted by Gasteiger charge is 2.23. The number of ether oxygens (including phenoxy) is 2. The average molecular weight is 755 g/mol. The van der Waals surface area contributed by atoms with Crippen molar-refractivity contribution in [2.75, 3.05) is 73.5 Å². The number of alkyl halides is 2. The van der Waals surface area contributed by atoms with E-state index in [1.807, 2.05) is 0 Å². The molecule has 0 bridgehead atoms. The fraction of sp³-hybridized carbons (Fsp3) is 0.448. The first-order chi connectivity index (χ1) is 22.5. The molecule has 0 fully saturated rings. The zero-order chi connectivity index (χ0) is 35.9. The Morgan fingerprint density at radius 3 is 1.46 bits per heavy atom. The number of carbonyl (C=O) groups is 4. The smallest absolute Gasteiger partial charge is 0.345 e. The number of nitrogens with two attached hydrogens (primary N) is 1. The zero-order valence-corrected chi connectivity index (χ0v) is 29.4. The minimum atomic E-state index is -3.61. The van der Waals surface area contributed by atoms with Crippen LogP contribution in [0.4, 0.5) is 11.4 Å². The molecule has 0 saturated carbocycles. The van der Waals surface area contributed by atoms with Crippen LogP contribution in [0.1, 0.15) is 33.6 Å². The number of nitrogens with zero attached hydrogens (tertiary/aromatic N) is 2. The molecule has 0 saturated heterocycles. The highest BCUT2D eigenvalue weighted by atomic mass is 35.5. The molecule has 48 heavy (non-hydrogen) atoms. The minimum Gasteiger partial charge on any atom is -0.389 e. The van der Waals surface area contributed by atoms with Gasteiger partial charge >= 0.3 is 23.9 Å². The van der Waals surface area contributed by atoms with Gasteiger partial charge in [-0.15, -0.1) is 23.2 Å². The van der Waals surface area contributed by atoms with E-state index in [4.69, 9.17) is 46.8 Å². The summed E-state index contributed by atoms with van der Waals surface area (Å²) in [4.78, 5) is 53.0. The summed E-state index contributed by atoms with van der Waals surface area (Å²) in [5, 5.41) is 0. The summed E-state index contributed by atoms with van der Waals surface area (Å²) in [7, 11) is -7.22. The molecule has 15 nitrogen and oxygen atoms in total. The summed E-state index contributed by atoms with van der Waals surface area (Å²) in [6.07, 6.45) is 1.18. The third-order valence-electron chi connectivity index (χ3n) is 6.32. The summed E-state index contributed by atoms with van der Waals surface area (Å²) in [5.41, 5.74) is 7.10. The summed E-state index contributed by atoms with van der Waals surface area (Å²) < 4.78 is 64.0. The highest BCUT2D eigenvalue weighted by Crippen LogP contribution is 2.18. The quantitative estimate of drug-likeness (QED) is 0.0887. The van der Waals surface area contributed by atoms with Crippen LogP contribution < -0.4 is 15.5 Å². The molecule has 0 amide bonds. The molecule has 0 spiro atoms. The van der Waals surface area contributed by atoms with Crippen molar-refractivity contribution < 1.29 is 53.9 Å². The number of carbonyl (C=O) groups excluding carboxylic acids is 4. The molecule has 2 aromatic carbocycles. The third-order valence-corrected chi connectivity index (χ3v) is 7.85. The second-order valence-electron chi connectivity index (χ2n) is 10.1. The standard InChI is InChI=1S/C29H37Cl2N3O12S2/c1-47(39,40)43-19-17-33(15-13-30)23-7-3-21(4-8-23)27(36)45-26(35)12-11-25(32)29(38)46-28(37)22-5-9-24(10-6-22)34(16-14-31)18-20-44-48(2,41)42/h3-10,25H,11-20,32H2,1-2H3/t25-/m0/s1. The number of rotatable bonds is 20. The lowest BCUT2D eigenvalue weighted by Gasteiger charge is -2.23. The summed E-state index contributed by atoms with van der Waals surface area (Å²) >= 11 is 11.7. The third kappa shape index (κ3) is 15.3. The Morgan fingerprint density at radius 1 is 0.688 bits per heavy atom.